The quantitative estimate of drug-likeness (QED) is 0.0140. The van der Waals surface area contributed by atoms with Gasteiger partial charge in [-0.1, -0.05) is 245 Å². The van der Waals surface area contributed by atoms with Gasteiger partial charge in [-0.2, -0.15) is 0 Å². The van der Waals surface area contributed by atoms with E-state index in [0.717, 1.165) is 22.6 Å². The maximum absolute atomic E-state index is 12.0. The molecule has 8 heterocycles. The molecule has 146 heavy (non-hydrogen) atoms. The Morgan fingerprint density at radius 3 is 0.801 bits per heavy atom. The molecule has 24 aromatic rings. The summed E-state index contributed by atoms with van der Waals surface area (Å²) in [6.07, 6.45) is 4.74. The first-order chi connectivity index (χ1) is 71.8. The van der Waals surface area contributed by atoms with Gasteiger partial charge in [-0.05, 0) is 211 Å². The summed E-state index contributed by atoms with van der Waals surface area (Å²) in [6, 6.07) is 127. The van der Waals surface area contributed by atoms with Crippen molar-refractivity contribution in [1.29, 1.82) is 0 Å². The van der Waals surface area contributed by atoms with Crippen molar-refractivity contribution in [3.05, 3.63) is 458 Å². The van der Waals surface area contributed by atoms with Crippen LogP contribution in [0.5, 0.6) is 23.0 Å². The number of carbonyl (C=O) groups excluding carboxylic acids is 4. The Hall–Kier alpha value is -12.1. The number of hydrogen-bond acceptors (Lipinski definition) is 24. The van der Waals surface area contributed by atoms with E-state index in [1.165, 1.54) is 196 Å². The lowest BCUT2D eigenvalue weighted by molar-refractivity contribution is -0.129. The van der Waals surface area contributed by atoms with Crippen LogP contribution in [0.4, 0.5) is 0 Å². The van der Waals surface area contributed by atoms with Crippen LogP contribution >= 0.6 is 185 Å². The van der Waals surface area contributed by atoms with Crippen molar-refractivity contribution >= 4 is 330 Å². The number of thioether (sulfide) groups is 8. The summed E-state index contributed by atoms with van der Waals surface area (Å²) < 4.78 is 37.4. The topological polar surface area (TPSA) is 105 Å². The number of benzene rings is 16. The first-order valence-corrected chi connectivity index (χ1v) is 60.3. The molecule has 0 fully saturated rings. The third-order valence-corrected chi connectivity index (χ3v) is 44.4. The highest BCUT2D eigenvalue weighted by atomic mass is 32.2. The summed E-state index contributed by atoms with van der Waals surface area (Å²) in [4.78, 5) is 57.2. The summed E-state index contributed by atoms with van der Waals surface area (Å²) in [5, 5.41) is 24.5. The molecular formula is C122H84O8S16. The Morgan fingerprint density at radius 2 is 0.479 bits per heavy atom. The van der Waals surface area contributed by atoms with Crippen molar-refractivity contribution in [2.45, 2.75) is 58.8 Å². The van der Waals surface area contributed by atoms with Gasteiger partial charge in [0.25, 0.3) is 0 Å². The van der Waals surface area contributed by atoms with Gasteiger partial charge in [0.1, 0.15) is 23.0 Å². The highest BCUT2D eigenvalue weighted by Crippen LogP contribution is 2.57. The van der Waals surface area contributed by atoms with E-state index < -0.39 is 23.9 Å². The molecule has 0 radical (unpaired) electrons. The number of ether oxygens (including phenoxy) is 4. The molecule has 2 atom stereocenters. The first-order valence-electron chi connectivity index (χ1n) is 46.3. The number of thiophene rings is 8. The van der Waals surface area contributed by atoms with E-state index in [0.29, 0.717) is 23.0 Å². The highest BCUT2D eigenvalue weighted by molar-refractivity contribution is 8.17. The van der Waals surface area contributed by atoms with Crippen LogP contribution in [-0.4, -0.2) is 35.4 Å². The summed E-state index contributed by atoms with van der Waals surface area (Å²) in [6.45, 7) is 14.0. The van der Waals surface area contributed by atoms with Crippen molar-refractivity contribution in [3.63, 3.8) is 0 Å². The van der Waals surface area contributed by atoms with Crippen molar-refractivity contribution < 1.29 is 38.1 Å². The van der Waals surface area contributed by atoms with Gasteiger partial charge >= 0.3 is 23.9 Å². The van der Waals surface area contributed by atoms with E-state index in [1.807, 2.05) is 194 Å². The van der Waals surface area contributed by atoms with Crippen LogP contribution in [0, 0.1) is 0 Å². The molecule has 24 heteroatoms. The van der Waals surface area contributed by atoms with Gasteiger partial charge in [0, 0.05) is 185 Å². The lowest BCUT2D eigenvalue weighted by Gasteiger charge is -2.18. The molecule has 0 saturated heterocycles. The van der Waals surface area contributed by atoms with E-state index >= 15 is 0 Å². The normalized spacial score (nSPS) is 11.8. The van der Waals surface area contributed by atoms with E-state index in [1.54, 1.807) is 51.4 Å². The van der Waals surface area contributed by atoms with Crippen LogP contribution in [0.3, 0.4) is 0 Å². The molecule has 2 unspecified atom stereocenters. The van der Waals surface area contributed by atoms with Gasteiger partial charge in [-0.25, -0.2) is 19.2 Å². The summed E-state index contributed by atoms with van der Waals surface area (Å²) >= 11 is 29.5. The van der Waals surface area contributed by atoms with Gasteiger partial charge in [-0.3, -0.25) is 0 Å². The fraction of sp³-hybridized carbons (Fsp3) is 0.0492. The first kappa shape index (κ1) is 99.8. The van der Waals surface area contributed by atoms with Crippen molar-refractivity contribution in [2.24, 2.45) is 0 Å². The van der Waals surface area contributed by atoms with Gasteiger partial charge in [0.15, 0.2) is 0 Å². The van der Waals surface area contributed by atoms with Crippen LogP contribution in [-0.2, 0) is 19.2 Å². The standard InChI is InChI=1S/C35H24O2S4.C34H22O2S4.C27H20O2S4.C26H18O2S4/c1-2-33(36)37-23-19-17-22(18-20-23)32(39-31-16-8-12-27-25-10-4-6-14-29(25)41-35(27)31)21-38-30-15-7-11-26-24-9-3-5-13-28(24)40-34(26)30;1-2-31(35)36-22-11-7-10-21(20-22)34(39-29-18-8-14-25-23-12-3-5-16-27(23)37-32(25)29)40-30-19-9-15-26-24-13-4-6-17-28(24)38-33(26)30;1-2-25(28)29-21-11-9-18(10-12-21)24(33-23-8-4-6-20-14-16-31-27(20)23)17-32-22-7-3-5-19-13-15-30-26(19)22;1-2-23(27)28-20-9-3-8-19(16-20)26(31-21-10-4-6-17-12-14-29-24(17)21)32-22-11-5-7-18-13-15-30-25(18)22/h2-20,32H,1,21H2;2-20,34H,1H2;2-16,24H,1,17H2;2-16,26H,1H2. The van der Waals surface area contributed by atoms with Crippen LogP contribution in [0.25, 0.3) is 121 Å². The molecule has 0 bridgehead atoms. The van der Waals surface area contributed by atoms with Gasteiger partial charge in [0.05, 0.1) is 9.16 Å². The molecule has 8 aromatic heterocycles. The Kier molecular flexibility index (Phi) is 32.1. The van der Waals surface area contributed by atoms with Crippen LogP contribution in [0.15, 0.2) is 475 Å². The van der Waals surface area contributed by atoms with Crippen LogP contribution < -0.4 is 18.9 Å². The third kappa shape index (κ3) is 22.9. The van der Waals surface area contributed by atoms with Gasteiger partial charge < -0.3 is 18.9 Å². The number of esters is 4. The second-order valence-corrected chi connectivity index (χ2v) is 50.7. The number of hydrogen-bond donors (Lipinski definition) is 0. The van der Waals surface area contributed by atoms with Crippen molar-refractivity contribution in [2.75, 3.05) is 11.5 Å². The lowest BCUT2D eigenvalue weighted by atomic mass is 10.1. The molecular weight excluding hydrogens is 2110 g/mol. The molecule has 0 N–H and O–H groups in total. The van der Waals surface area contributed by atoms with Crippen LogP contribution in [0.1, 0.15) is 41.9 Å². The monoisotopic (exact) mass is 2190 g/mol. The summed E-state index contributed by atoms with van der Waals surface area (Å²) in [7, 11) is 0. The van der Waals surface area contributed by atoms with E-state index in [-0.39, 0.29) is 19.7 Å². The molecule has 24 rings (SSSR count). The third-order valence-electron chi connectivity index (χ3n) is 23.8. The second-order valence-electron chi connectivity index (χ2n) is 33.1. The smallest absolute Gasteiger partial charge is 0.335 e. The lowest BCUT2D eigenvalue weighted by Crippen LogP contribution is -2.03. The molecule has 0 saturated carbocycles. The number of carbonyl (C=O) groups is 4. The maximum Gasteiger partial charge on any atom is 0.335 e. The van der Waals surface area contributed by atoms with Crippen LogP contribution in [0.2, 0.25) is 0 Å². The Morgan fingerprint density at radius 1 is 0.233 bits per heavy atom. The number of fused-ring (bicyclic) bond motifs is 16. The average Bonchev–Trinajstić information content (AvgIpc) is 1.66. The van der Waals surface area contributed by atoms with Crippen molar-refractivity contribution in [3.8, 4) is 23.0 Å². The molecule has 16 aromatic carbocycles. The molecule has 716 valence electrons. The minimum atomic E-state index is -0.459. The maximum atomic E-state index is 12.0. The zero-order valence-corrected chi connectivity index (χ0v) is 90.7. The molecule has 0 amide bonds. The number of rotatable bonds is 30. The largest absolute Gasteiger partial charge is 0.423 e. The highest BCUT2D eigenvalue weighted by Gasteiger charge is 2.27. The Balaban J connectivity index is 0.000000115. The van der Waals surface area contributed by atoms with E-state index in [4.69, 9.17) is 18.9 Å². The minimum absolute atomic E-state index is 0.0222. The predicted octanol–water partition coefficient (Wildman–Crippen LogP) is 39.9. The fourth-order valence-corrected chi connectivity index (χ4v) is 36.9. The summed E-state index contributed by atoms with van der Waals surface area (Å²) in [5.74, 6) is 2.12. The van der Waals surface area contributed by atoms with E-state index in [2.05, 4.69) is 351 Å². The SMILES string of the molecule is C=CC(=O)Oc1ccc(C(CSc2cccc3c2sc2ccccc23)Sc2cccc3c2sc2ccccc23)cc1.C=CC(=O)Oc1ccc(C(CSc2cccc3ccsc23)Sc2cccc3ccsc23)cc1.C=CC(=O)Oc1cccc(C(Sc2cccc3c2sc2ccccc23)Sc2cccc3c2sc2ccccc23)c1.C=CC(=O)Oc1cccc(C(Sc2cccc3ccsc23)Sc2cccc3ccsc23)c1. The molecule has 0 aliphatic rings. The second kappa shape index (κ2) is 46.9. The minimum Gasteiger partial charge on any atom is -0.423 e. The van der Waals surface area contributed by atoms with Crippen molar-refractivity contribution in [1.82, 2.24) is 0 Å². The summed E-state index contributed by atoms with van der Waals surface area (Å²) in [5.41, 5.74) is 4.58. The molecule has 0 aliphatic carbocycles. The molecule has 0 spiro atoms. The van der Waals surface area contributed by atoms with E-state index in [9.17, 15) is 19.2 Å². The molecule has 0 aliphatic heterocycles. The Labute approximate surface area is 909 Å². The van der Waals surface area contributed by atoms with Gasteiger partial charge in [0.2, 0.25) is 0 Å². The van der Waals surface area contributed by atoms with Gasteiger partial charge in [-0.15, -0.1) is 185 Å². The predicted molar refractivity (Wildman–Crippen MR) is 641 cm³/mol. The fourth-order valence-electron chi connectivity index (χ4n) is 16.9. The molecule has 8 nitrogen and oxygen atoms in total. The average molecular weight is 2190 g/mol. The zero-order chi connectivity index (χ0) is 99.4. The zero-order valence-electron chi connectivity index (χ0n) is 77.6. The Bertz CT molecular complexity index is 8790.